The molecule has 1 fully saturated rings. The number of carbonyl (C=O) groups excluding carboxylic acids is 2. The van der Waals surface area contributed by atoms with Crippen molar-refractivity contribution in [3.63, 3.8) is 0 Å². The average molecular weight is 266 g/mol. The number of esters is 2. The van der Waals surface area contributed by atoms with Gasteiger partial charge in [-0.3, -0.25) is 0 Å². The lowest BCUT2D eigenvalue weighted by Crippen LogP contribution is -2.41. The van der Waals surface area contributed by atoms with Crippen LogP contribution in [0, 0.1) is 5.82 Å². The molecular weight excluding hydrogens is 255 g/mol. The molecule has 0 bridgehead atoms. The lowest BCUT2D eigenvalue weighted by atomic mass is 10.1. The van der Waals surface area contributed by atoms with E-state index in [0.717, 1.165) is 12.1 Å². The first-order valence-electron chi connectivity index (χ1n) is 5.45. The number of phenolic OH excluding ortho intramolecular Hbond substituents is 1. The van der Waals surface area contributed by atoms with Crippen LogP contribution in [0.3, 0.4) is 0 Å². The smallest absolute Gasteiger partial charge is 0.348 e. The SMILES string of the molecule is CC1(C)OC(=O)C(=Cc2ccc(O)cc2F)C(=O)O1. The molecule has 1 aromatic carbocycles. The predicted octanol–water partition coefficient (Wildman–Crippen LogP) is 1.75. The Morgan fingerprint density at radius 3 is 2.32 bits per heavy atom. The van der Waals surface area contributed by atoms with Gasteiger partial charge in [-0.25, -0.2) is 14.0 Å². The van der Waals surface area contributed by atoms with E-state index in [4.69, 9.17) is 14.6 Å². The summed E-state index contributed by atoms with van der Waals surface area (Å²) < 4.78 is 23.2. The number of hydrogen-bond donors (Lipinski definition) is 1. The molecule has 1 saturated heterocycles. The fourth-order valence-electron chi connectivity index (χ4n) is 1.57. The van der Waals surface area contributed by atoms with Gasteiger partial charge in [0, 0.05) is 25.5 Å². The van der Waals surface area contributed by atoms with E-state index in [1.54, 1.807) is 0 Å². The van der Waals surface area contributed by atoms with E-state index in [2.05, 4.69) is 0 Å². The Labute approximate surface area is 108 Å². The lowest BCUT2D eigenvalue weighted by Gasteiger charge is -2.29. The molecule has 1 heterocycles. The molecule has 1 aliphatic rings. The Bertz CT molecular complexity index is 567. The molecule has 0 aromatic heterocycles. The van der Waals surface area contributed by atoms with Crippen molar-refractivity contribution in [3.8, 4) is 5.75 Å². The van der Waals surface area contributed by atoms with Crippen molar-refractivity contribution in [2.75, 3.05) is 0 Å². The largest absolute Gasteiger partial charge is 0.508 e. The fourth-order valence-corrected chi connectivity index (χ4v) is 1.57. The summed E-state index contributed by atoms with van der Waals surface area (Å²) in [5, 5.41) is 9.07. The molecule has 100 valence electrons. The monoisotopic (exact) mass is 266 g/mol. The molecule has 0 radical (unpaired) electrons. The molecule has 1 N–H and O–H groups in total. The summed E-state index contributed by atoms with van der Waals surface area (Å²) >= 11 is 0. The van der Waals surface area contributed by atoms with E-state index in [1.165, 1.54) is 26.0 Å². The second-order valence-corrected chi connectivity index (χ2v) is 4.44. The molecule has 1 aliphatic heterocycles. The van der Waals surface area contributed by atoms with Crippen molar-refractivity contribution < 1.29 is 28.6 Å². The zero-order valence-electron chi connectivity index (χ0n) is 10.3. The highest BCUT2D eigenvalue weighted by Crippen LogP contribution is 2.25. The Kier molecular flexibility index (Phi) is 3.01. The van der Waals surface area contributed by atoms with Gasteiger partial charge in [-0.1, -0.05) is 0 Å². The molecule has 6 heteroatoms. The maximum Gasteiger partial charge on any atom is 0.348 e. The van der Waals surface area contributed by atoms with E-state index in [9.17, 15) is 14.0 Å². The van der Waals surface area contributed by atoms with Gasteiger partial charge in [0.05, 0.1) is 0 Å². The zero-order chi connectivity index (χ0) is 14.2. The van der Waals surface area contributed by atoms with Crippen molar-refractivity contribution in [1.82, 2.24) is 0 Å². The third-order valence-electron chi connectivity index (χ3n) is 2.40. The normalized spacial score (nSPS) is 17.7. The standard InChI is InChI=1S/C13H11FO5/c1-13(2)18-11(16)9(12(17)19-13)5-7-3-4-8(15)6-10(7)14/h3-6,15H,1-2H3. The molecule has 0 unspecified atom stereocenters. The van der Waals surface area contributed by atoms with Gasteiger partial charge in [0.1, 0.15) is 17.1 Å². The number of benzene rings is 1. The van der Waals surface area contributed by atoms with Crippen LogP contribution in [0.2, 0.25) is 0 Å². The van der Waals surface area contributed by atoms with Crippen molar-refractivity contribution in [2.45, 2.75) is 19.6 Å². The maximum atomic E-state index is 13.5. The molecule has 1 aromatic rings. The first-order chi connectivity index (χ1) is 8.78. The van der Waals surface area contributed by atoms with Crippen molar-refractivity contribution in [2.24, 2.45) is 0 Å². The molecule has 0 spiro atoms. The van der Waals surface area contributed by atoms with Crippen LogP contribution in [-0.2, 0) is 19.1 Å². The Morgan fingerprint density at radius 2 is 1.79 bits per heavy atom. The molecule has 19 heavy (non-hydrogen) atoms. The van der Waals surface area contributed by atoms with Gasteiger partial charge in [-0.15, -0.1) is 0 Å². The minimum Gasteiger partial charge on any atom is -0.508 e. The molecule has 0 atom stereocenters. The summed E-state index contributed by atoms with van der Waals surface area (Å²) in [6.45, 7) is 2.83. The van der Waals surface area contributed by atoms with Gasteiger partial charge in [0.2, 0.25) is 0 Å². The Balaban J connectivity index is 2.38. The molecule has 5 nitrogen and oxygen atoms in total. The van der Waals surface area contributed by atoms with E-state index in [0.29, 0.717) is 0 Å². The van der Waals surface area contributed by atoms with Gasteiger partial charge in [-0.2, -0.15) is 0 Å². The summed E-state index contributed by atoms with van der Waals surface area (Å²) in [5.41, 5.74) is -0.426. The number of phenols is 1. The van der Waals surface area contributed by atoms with E-state index in [1.807, 2.05) is 0 Å². The molecule has 2 rings (SSSR count). The third kappa shape index (κ3) is 2.73. The van der Waals surface area contributed by atoms with Crippen LogP contribution in [0.15, 0.2) is 23.8 Å². The van der Waals surface area contributed by atoms with Crippen LogP contribution < -0.4 is 0 Å². The number of ether oxygens (including phenoxy) is 2. The second kappa shape index (κ2) is 4.38. The first kappa shape index (κ1) is 13.1. The minimum atomic E-state index is -1.33. The summed E-state index contributed by atoms with van der Waals surface area (Å²) in [4.78, 5) is 23.3. The van der Waals surface area contributed by atoms with Gasteiger partial charge in [-0.05, 0) is 18.2 Å². The number of rotatable bonds is 1. The van der Waals surface area contributed by atoms with Crippen LogP contribution in [0.5, 0.6) is 5.75 Å². The van der Waals surface area contributed by atoms with E-state index < -0.39 is 29.1 Å². The highest BCUT2D eigenvalue weighted by Gasteiger charge is 2.38. The number of halogens is 1. The summed E-state index contributed by atoms with van der Waals surface area (Å²) in [6, 6.07) is 3.34. The fraction of sp³-hybridized carbons (Fsp3) is 0.231. The minimum absolute atomic E-state index is 0.0265. The Hall–Kier alpha value is -2.37. The number of cyclic esters (lactones) is 2. The van der Waals surface area contributed by atoms with Crippen molar-refractivity contribution >= 4 is 18.0 Å². The van der Waals surface area contributed by atoms with Gasteiger partial charge >= 0.3 is 11.9 Å². The number of aromatic hydroxyl groups is 1. The van der Waals surface area contributed by atoms with Gasteiger partial charge < -0.3 is 14.6 Å². The second-order valence-electron chi connectivity index (χ2n) is 4.44. The van der Waals surface area contributed by atoms with Crippen LogP contribution in [0.4, 0.5) is 4.39 Å². The molecule has 0 aliphatic carbocycles. The quantitative estimate of drug-likeness (QED) is 0.476. The highest BCUT2D eigenvalue weighted by atomic mass is 19.1. The summed E-state index contributed by atoms with van der Waals surface area (Å²) in [6.07, 6.45) is 1.02. The summed E-state index contributed by atoms with van der Waals surface area (Å²) in [7, 11) is 0. The molecule has 0 saturated carbocycles. The summed E-state index contributed by atoms with van der Waals surface area (Å²) in [5.74, 6) is -4.12. The van der Waals surface area contributed by atoms with Crippen LogP contribution in [0.25, 0.3) is 6.08 Å². The van der Waals surface area contributed by atoms with E-state index in [-0.39, 0.29) is 11.3 Å². The van der Waals surface area contributed by atoms with Crippen LogP contribution in [0.1, 0.15) is 19.4 Å². The zero-order valence-corrected chi connectivity index (χ0v) is 10.3. The molecular formula is C13H11FO5. The van der Waals surface area contributed by atoms with Crippen LogP contribution in [-0.4, -0.2) is 22.8 Å². The lowest BCUT2D eigenvalue weighted by molar-refractivity contribution is -0.222. The van der Waals surface area contributed by atoms with Crippen LogP contribution >= 0.6 is 0 Å². The van der Waals surface area contributed by atoms with E-state index >= 15 is 0 Å². The van der Waals surface area contributed by atoms with Crippen molar-refractivity contribution in [3.05, 3.63) is 35.2 Å². The Morgan fingerprint density at radius 1 is 1.21 bits per heavy atom. The molecule has 0 amide bonds. The third-order valence-corrected chi connectivity index (χ3v) is 2.40. The average Bonchev–Trinajstić information content (AvgIpc) is 2.24. The predicted molar refractivity (Wildman–Crippen MR) is 62.3 cm³/mol. The first-order valence-corrected chi connectivity index (χ1v) is 5.45. The highest BCUT2D eigenvalue weighted by molar-refractivity contribution is 6.18. The van der Waals surface area contributed by atoms with Crippen molar-refractivity contribution in [1.29, 1.82) is 0 Å². The number of hydrogen-bond acceptors (Lipinski definition) is 5. The maximum absolute atomic E-state index is 13.5. The topological polar surface area (TPSA) is 72.8 Å². The number of carbonyl (C=O) groups is 2. The van der Waals surface area contributed by atoms with Gasteiger partial charge in [0.15, 0.2) is 0 Å². The van der Waals surface area contributed by atoms with Gasteiger partial charge in [0.25, 0.3) is 5.79 Å².